The lowest BCUT2D eigenvalue weighted by molar-refractivity contribution is -0.384. The van der Waals surface area contributed by atoms with Gasteiger partial charge >= 0.3 is 0 Å². The molecule has 0 spiro atoms. The second-order valence-corrected chi connectivity index (χ2v) is 8.75. The molecule has 35 heavy (non-hydrogen) atoms. The number of nitro benzene ring substituents is 1. The Morgan fingerprint density at radius 2 is 1.89 bits per heavy atom. The normalized spacial score (nSPS) is 11.5. The number of hydrogen-bond donors (Lipinski definition) is 2. The maximum atomic E-state index is 12.4. The third-order valence-electron chi connectivity index (χ3n) is 5.18. The zero-order valence-corrected chi connectivity index (χ0v) is 20.6. The number of aromatic nitrogens is 3. The third-order valence-corrected chi connectivity index (χ3v) is 6.20. The number of nitrogens with one attached hydrogen (secondary N) is 2. The summed E-state index contributed by atoms with van der Waals surface area (Å²) in [5, 5.41) is 25.3. The molecule has 11 nitrogen and oxygen atoms in total. The number of carbonyl (C=O) groups excluding carboxylic acids is 2. The summed E-state index contributed by atoms with van der Waals surface area (Å²) in [7, 11) is 3.35. The molecule has 2 amide bonds. The minimum absolute atomic E-state index is 0.0355. The van der Waals surface area contributed by atoms with Gasteiger partial charge in [0.25, 0.3) is 5.69 Å². The van der Waals surface area contributed by atoms with Crippen LogP contribution in [0.5, 0.6) is 5.75 Å². The van der Waals surface area contributed by atoms with E-state index in [1.807, 2.05) is 19.1 Å². The van der Waals surface area contributed by atoms with E-state index in [1.54, 1.807) is 37.8 Å². The number of hydrogen-bond acceptors (Lipinski definition) is 8. The number of thioether (sulfide) groups is 1. The number of methoxy groups -OCH3 is 1. The molecule has 1 heterocycles. The molecule has 1 unspecified atom stereocenters. The highest BCUT2D eigenvalue weighted by molar-refractivity contribution is 7.99. The van der Waals surface area contributed by atoms with Crippen LogP contribution < -0.4 is 15.4 Å². The number of amides is 2. The van der Waals surface area contributed by atoms with Gasteiger partial charge in [0.05, 0.1) is 30.2 Å². The van der Waals surface area contributed by atoms with Gasteiger partial charge in [-0.25, -0.2) is 0 Å². The summed E-state index contributed by atoms with van der Waals surface area (Å²) in [5.41, 5.74) is 1.93. The molecule has 12 heteroatoms. The van der Waals surface area contributed by atoms with Crippen LogP contribution in [0.15, 0.2) is 47.6 Å². The van der Waals surface area contributed by atoms with Crippen LogP contribution in [0.1, 0.15) is 29.9 Å². The number of carbonyl (C=O) groups is 2. The number of benzene rings is 2. The minimum atomic E-state index is -0.484. The summed E-state index contributed by atoms with van der Waals surface area (Å²) < 4.78 is 6.86. The molecule has 0 radical (unpaired) electrons. The van der Waals surface area contributed by atoms with Crippen molar-refractivity contribution in [2.75, 3.05) is 18.2 Å². The van der Waals surface area contributed by atoms with Gasteiger partial charge in [-0.2, -0.15) is 0 Å². The maximum Gasteiger partial charge on any atom is 0.269 e. The molecule has 1 atom stereocenters. The summed E-state index contributed by atoms with van der Waals surface area (Å²) in [6.45, 7) is 3.50. The molecule has 3 aromatic rings. The molecule has 3 rings (SSSR count). The molecular formula is C23H26N6O5S. The van der Waals surface area contributed by atoms with Crippen molar-refractivity contribution in [3.63, 3.8) is 0 Å². The fraction of sp³-hybridized carbons (Fsp3) is 0.304. The van der Waals surface area contributed by atoms with Gasteiger partial charge in [0.1, 0.15) is 5.75 Å². The van der Waals surface area contributed by atoms with Crippen LogP contribution in [0.4, 0.5) is 11.4 Å². The Morgan fingerprint density at radius 3 is 2.51 bits per heavy atom. The van der Waals surface area contributed by atoms with Crippen molar-refractivity contribution in [1.82, 2.24) is 20.1 Å². The fourth-order valence-corrected chi connectivity index (χ4v) is 4.05. The van der Waals surface area contributed by atoms with Crippen LogP contribution in [-0.4, -0.2) is 44.4 Å². The lowest BCUT2D eigenvalue weighted by atomic mass is 10.1. The molecule has 0 fully saturated rings. The largest absolute Gasteiger partial charge is 0.497 e. The standard InChI is InChI=1S/C23H26N6O5S/c1-14-11-17(29(32)33)7-10-19(14)25-21(31)13-35-23-27-26-22(28(23)3)15(2)24-20(30)12-16-5-8-18(34-4)9-6-16/h5-11,15H,12-13H2,1-4H3,(H,24,30)(H,25,31). The summed E-state index contributed by atoms with van der Waals surface area (Å²) >= 11 is 1.20. The van der Waals surface area contributed by atoms with E-state index < -0.39 is 4.92 Å². The molecule has 2 N–H and O–H groups in total. The van der Waals surface area contributed by atoms with Crippen LogP contribution in [0.3, 0.4) is 0 Å². The molecule has 1 aromatic heterocycles. The van der Waals surface area contributed by atoms with E-state index in [2.05, 4.69) is 20.8 Å². The highest BCUT2D eigenvalue weighted by Crippen LogP contribution is 2.23. The zero-order valence-electron chi connectivity index (χ0n) is 19.8. The van der Waals surface area contributed by atoms with Crippen molar-refractivity contribution >= 4 is 35.0 Å². The van der Waals surface area contributed by atoms with Crippen LogP contribution in [-0.2, 0) is 23.1 Å². The first-order valence-corrected chi connectivity index (χ1v) is 11.7. The summed E-state index contributed by atoms with van der Waals surface area (Å²) in [4.78, 5) is 35.2. The van der Waals surface area contributed by atoms with Gasteiger partial charge in [0.2, 0.25) is 11.8 Å². The van der Waals surface area contributed by atoms with Crippen LogP contribution >= 0.6 is 11.8 Å². The third kappa shape index (κ3) is 6.79. The Kier molecular flexibility index (Phi) is 8.42. The molecule has 2 aromatic carbocycles. The van der Waals surface area contributed by atoms with E-state index in [9.17, 15) is 19.7 Å². The zero-order chi connectivity index (χ0) is 25.5. The molecule has 0 saturated carbocycles. The lowest BCUT2D eigenvalue weighted by Crippen LogP contribution is -2.29. The monoisotopic (exact) mass is 498 g/mol. The smallest absolute Gasteiger partial charge is 0.269 e. The Labute approximate surface area is 206 Å². The van der Waals surface area contributed by atoms with Crippen LogP contribution in [0, 0.1) is 17.0 Å². The molecule has 0 saturated heterocycles. The number of non-ortho nitro benzene ring substituents is 1. The Hall–Kier alpha value is -3.93. The van der Waals surface area contributed by atoms with Crippen molar-refractivity contribution in [1.29, 1.82) is 0 Å². The van der Waals surface area contributed by atoms with Crippen LogP contribution in [0.2, 0.25) is 0 Å². The molecule has 0 aliphatic carbocycles. The summed E-state index contributed by atoms with van der Waals surface area (Å²) in [6.07, 6.45) is 0.218. The molecule has 0 aliphatic rings. The van der Waals surface area contributed by atoms with E-state index in [0.717, 1.165) is 11.3 Å². The van der Waals surface area contributed by atoms with Gasteiger partial charge in [0.15, 0.2) is 11.0 Å². The van der Waals surface area contributed by atoms with Gasteiger partial charge < -0.3 is 19.9 Å². The average Bonchev–Trinajstić information content (AvgIpc) is 3.19. The average molecular weight is 499 g/mol. The van der Waals surface area contributed by atoms with Crippen molar-refractivity contribution in [3.05, 3.63) is 69.5 Å². The second-order valence-electron chi connectivity index (χ2n) is 7.81. The van der Waals surface area contributed by atoms with E-state index >= 15 is 0 Å². The highest BCUT2D eigenvalue weighted by Gasteiger charge is 2.19. The molecular weight excluding hydrogens is 472 g/mol. The maximum absolute atomic E-state index is 12.4. The van der Waals surface area contributed by atoms with Gasteiger partial charge in [-0.1, -0.05) is 23.9 Å². The van der Waals surface area contributed by atoms with E-state index in [4.69, 9.17) is 4.74 Å². The van der Waals surface area contributed by atoms with Gasteiger partial charge in [-0.15, -0.1) is 10.2 Å². The Bertz CT molecular complexity index is 1230. The molecule has 0 bridgehead atoms. The number of rotatable bonds is 10. The Morgan fingerprint density at radius 1 is 1.17 bits per heavy atom. The first-order valence-electron chi connectivity index (χ1n) is 10.7. The first-order chi connectivity index (χ1) is 16.7. The van der Waals surface area contributed by atoms with E-state index in [1.165, 1.54) is 30.0 Å². The second kappa shape index (κ2) is 11.5. The SMILES string of the molecule is COc1ccc(CC(=O)NC(C)c2nnc(SCC(=O)Nc3ccc([N+](=O)[O-])cc3C)n2C)cc1. The predicted molar refractivity (Wildman–Crippen MR) is 131 cm³/mol. The minimum Gasteiger partial charge on any atom is -0.497 e. The van der Waals surface area contributed by atoms with Gasteiger partial charge in [0, 0.05) is 24.9 Å². The van der Waals surface area contributed by atoms with Crippen molar-refractivity contribution < 1.29 is 19.2 Å². The van der Waals surface area contributed by atoms with Gasteiger partial charge in [-0.05, 0) is 43.2 Å². The quantitative estimate of drug-likeness (QED) is 0.247. The van der Waals surface area contributed by atoms with Crippen molar-refractivity contribution in [3.8, 4) is 5.75 Å². The number of nitrogens with zero attached hydrogens (tertiary/aromatic N) is 4. The Balaban J connectivity index is 1.53. The number of ether oxygens (including phenoxy) is 1. The first kappa shape index (κ1) is 25.7. The number of nitro groups is 1. The van der Waals surface area contributed by atoms with Crippen LogP contribution in [0.25, 0.3) is 0 Å². The van der Waals surface area contributed by atoms with E-state index in [0.29, 0.717) is 22.2 Å². The summed E-state index contributed by atoms with van der Waals surface area (Å²) in [5.74, 6) is 0.918. The van der Waals surface area contributed by atoms with Crippen molar-refractivity contribution in [2.45, 2.75) is 31.5 Å². The van der Waals surface area contributed by atoms with E-state index in [-0.39, 0.29) is 35.7 Å². The highest BCUT2D eigenvalue weighted by atomic mass is 32.2. The number of aryl methyl sites for hydroxylation is 1. The van der Waals surface area contributed by atoms with Crippen molar-refractivity contribution in [2.24, 2.45) is 7.05 Å². The van der Waals surface area contributed by atoms with Gasteiger partial charge in [-0.3, -0.25) is 19.7 Å². The predicted octanol–water partition coefficient (Wildman–Crippen LogP) is 3.19. The fourth-order valence-electron chi connectivity index (χ4n) is 3.33. The summed E-state index contributed by atoms with van der Waals surface area (Å²) in [6, 6.07) is 11.1. The number of anilines is 1. The topological polar surface area (TPSA) is 141 Å². The molecule has 0 aliphatic heterocycles. The molecule has 184 valence electrons. The lowest BCUT2D eigenvalue weighted by Gasteiger charge is -2.14.